The summed E-state index contributed by atoms with van der Waals surface area (Å²) in [7, 11) is 0. The summed E-state index contributed by atoms with van der Waals surface area (Å²) < 4.78 is 4.55. The maximum atomic E-state index is 11.3. The molecule has 0 bridgehead atoms. The Morgan fingerprint density at radius 3 is 2.65 bits per heavy atom. The van der Waals surface area contributed by atoms with E-state index in [4.69, 9.17) is 6.42 Å². The number of ether oxygens (including phenoxy) is 1. The van der Waals surface area contributed by atoms with Gasteiger partial charge in [-0.2, -0.15) is 0 Å². The highest BCUT2D eigenvalue weighted by atomic mass is 16.5. The summed E-state index contributed by atoms with van der Waals surface area (Å²) in [5, 5.41) is 2.58. The summed E-state index contributed by atoms with van der Waals surface area (Å²) in [6, 6.07) is 8.90. The van der Waals surface area contributed by atoms with E-state index in [-0.39, 0.29) is 6.61 Å². The number of carbonyl (C=O) groups is 2. The first kappa shape index (κ1) is 12.5. The standard InChI is InChI=1S/C13H11NO3/c1-2-10-17-13(16)9-8-12(15)14-11-6-4-3-5-7-11/h1,3-9H,10H2,(H,14,15)/b9-8+. The lowest BCUT2D eigenvalue weighted by molar-refractivity contribution is -0.136. The molecule has 1 rings (SSSR count). The van der Waals surface area contributed by atoms with Gasteiger partial charge in [-0.3, -0.25) is 4.79 Å². The van der Waals surface area contributed by atoms with E-state index in [1.165, 1.54) is 0 Å². The second-order valence-corrected chi connectivity index (χ2v) is 3.00. The highest BCUT2D eigenvalue weighted by Gasteiger charge is 1.99. The first-order valence-electron chi connectivity index (χ1n) is 4.86. The van der Waals surface area contributed by atoms with Gasteiger partial charge in [-0.15, -0.1) is 6.42 Å². The van der Waals surface area contributed by atoms with Crippen LogP contribution >= 0.6 is 0 Å². The molecule has 1 amide bonds. The molecule has 0 unspecified atom stereocenters. The molecule has 0 heterocycles. The second-order valence-electron chi connectivity index (χ2n) is 3.00. The SMILES string of the molecule is C#CCOC(=O)/C=C/C(=O)Nc1ccccc1. The Kier molecular flexibility index (Phi) is 5.05. The van der Waals surface area contributed by atoms with Crippen molar-refractivity contribution < 1.29 is 14.3 Å². The molecule has 0 aliphatic carbocycles. The van der Waals surface area contributed by atoms with E-state index in [0.29, 0.717) is 5.69 Å². The number of carbonyl (C=O) groups excluding carboxylic acids is 2. The van der Waals surface area contributed by atoms with Gasteiger partial charge in [0.15, 0.2) is 6.61 Å². The molecule has 4 heteroatoms. The van der Waals surface area contributed by atoms with Crippen molar-refractivity contribution in [3.05, 3.63) is 42.5 Å². The Bertz CT molecular complexity index is 457. The van der Waals surface area contributed by atoms with Gasteiger partial charge < -0.3 is 10.1 Å². The third-order valence-corrected chi connectivity index (χ3v) is 1.71. The van der Waals surface area contributed by atoms with Crippen LogP contribution in [0.3, 0.4) is 0 Å². The van der Waals surface area contributed by atoms with Gasteiger partial charge in [-0.1, -0.05) is 24.1 Å². The average Bonchev–Trinajstić information content (AvgIpc) is 2.35. The zero-order valence-corrected chi connectivity index (χ0v) is 9.05. The maximum absolute atomic E-state index is 11.3. The summed E-state index contributed by atoms with van der Waals surface area (Å²) in [4.78, 5) is 22.3. The minimum Gasteiger partial charge on any atom is -0.449 e. The van der Waals surface area contributed by atoms with Crippen LogP contribution in [0.25, 0.3) is 0 Å². The molecular weight excluding hydrogens is 218 g/mol. The smallest absolute Gasteiger partial charge is 0.331 e. The van der Waals surface area contributed by atoms with Crippen molar-refractivity contribution in [1.29, 1.82) is 0 Å². The van der Waals surface area contributed by atoms with Gasteiger partial charge in [0, 0.05) is 17.8 Å². The monoisotopic (exact) mass is 229 g/mol. The number of amides is 1. The van der Waals surface area contributed by atoms with Crippen molar-refractivity contribution in [2.24, 2.45) is 0 Å². The topological polar surface area (TPSA) is 55.4 Å². The third-order valence-electron chi connectivity index (χ3n) is 1.71. The number of nitrogens with one attached hydrogen (secondary N) is 1. The summed E-state index contributed by atoms with van der Waals surface area (Å²) in [6.07, 6.45) is 7.02. The van der Waals surface area contributed by atoms with E-state index in [0.717, 1.165) is 12.2 Å². The Hall–Kier alpha value is -2.54. The number of benzene rings is 1. The zero-order chi connectivity index (χ0) is 12.5. The number of anilines is 1. The van der Waals surface area contributed by atoms with E-state index < -0.39 is 11.9 Å². The second kappa shape index (κ2) is 6.85. The van der Waals surface area contributed by atoms with Gasteiger partial charge in [0.2, 0.25) is 5.91 Å². The minimum absolute atomic E-state index is 0.108. The molecule has 0 saturated carbocycles. The molecule has 0 aromatic heterocycles. The summed E-state index contributed by atoms with van der Waals surface area (Å²) >= 11 is 0. The van der Waals surface area contributed by atoms with Gasteiger partial charge in [0.05, 0.1) is 0 Å². The molecule has 0 atom stereocenters. The molecule has 0 aliphatic rings. The summed E-state index contributed by atoms with van der Waals surface area (Å²) in [5.74, 6) is 1.09. The van der Waals surface area contributed by atoms with Crippen LogP contribution in [-0.2, 0) is 14.3 Å². The first-order chi connectivity index (χ1) is 8.22. The van der Waals surface area contributed by atoms with Crippen molar-refractivity contribution in [3.8, 4) is 12.3 Å². The fraction of sp³-hybridized carbons (Fsp3) is 0.0769. The van der Waals surface area contributed by atoms with Crippen molar-refractivity contribution >= 4 is 17.6 Å². The highest BCUT2D eigenvalue weighted by molar-refractivity contribution is 6.02. The van der Waals surface area contributed by atoms with E-state index in [1.807, 2.05) is 6.07 Å². The van der Waals surface area contributed by atoms with Gasteiger partial charge in [0.1, 0.15) is 0 Å². The van der Waals surface area contributed by atoms with E-state index in [1.54, 1.807) is 24.3 Å². The predicted molar refractivity (Wildman–Crippen MR) is 64.0 cm³/mol. The van der Waals surface area contributed by atoms with Crippen LogP contribution in [0.5, 0.6) is 0 Å². The zero-order valence-electron chi connectivity index (χ0n) is 9.05. The van der Waals surface area contributed by atoms with E-state index in [2.05, 4.69) is 16.0 Å². The molecule has 1 N–H and O–H groups in total. The number of para-hydroxylation sites is 1. The lowest BCUT2D eigenvalue weighted by Gasteiger charge is -2.00. The Labute approximate surface area is 99.3 Å². The number of rotatable bonds is 4. The quantitative estimate of drug-likeness (QED) is 0.482. The van der Waals surface area contributed by atoms with Crippen LogP contribution in [0, 0.1) is 12.3 Å². The van der Waals surface area contributed by atoms with Crippen LogP contribution in [0.1, 0.15) is 0 Å². The molecule has 0 spiro atoms. The molecule has 1 aromatic rings. The van der Waals surface area contributed by atoms with Crippen LogP contribution in [0.2, 0.25) is 0 Å². The van der Waals surface area contributed by atoms with E-state index >= 15 is 0 Å². The summed E-state index contributed by atoms with van der Waals surface area (Å²) in [6.45, 7) is -0.108. The lowest BCUT2D eigenvalue weighted by Crippen LogP contribution is -2.09. The molecule has 86 valence electrons. The average molecular weight is 229 g/mol. The van der Waals surface area contributed by atoms with Gasteiger partial charge in [0.25, 0.3) is 0 Å². The lowest BCUT2D eigenvalue weighted by atomic mass is 10.3. The first-order valence-corrected chi connectivity index (χ1v) is 4.86. The Morgan fingerprint density at radius 2 is 2.00 bits per heavy atom. The van der Waals surface area contributed by atoms with Crippen LogP contribution in [0.15, 0.2) is 42.5 Å². The number of hydrogen-bond donors (Lipinski definition) is 1. The van der Waals surface area contributed by atoms with Crippen molar-refractivity contribution in [2.75, 3.05) is 11.9 Å². The van der Waals surface area contributed by atoms with Crippen LogP contribution < -0.4 is 5.32 Å². The normalized spacial score (nSPS) is 9.59. The van der Waals surface area contributed by atoms with Crippen molar-refractivity contribution in [1.82, 2.24) is 0 Å². The number of hydrogen-bond acceptors (Lipinski definition) is 3. The number of esters is 1. The fourth-order valence-corrected chi connectivity index (χ4v) is 1.01. The fourth-order valence-electron chi connectivity index (χ4n) is 1.01. The molecule has 0 radical (unpaired) electrons. The Balaban J connectivity index is 2.42. The Morgan fingerprint density at radius 1 is 1.29 bits per heavy atom. The maximum Gasteiger partial charge on any atom is 0.331 e. The van der Waals surface area contributed by atoms with Gasteiger partial charge in [-0.25, -0.2) is 4.79 Å². The largest absolute Gasteiger partial charge is 0.449 e. The van der Waals surface area contributed by atoms with Crippen molar-refractivity contribution in [3.63, 3.8) is 0 Å². The minimum atomic E-state index is -0.647. The molecular formula is C13H11NO3. The predicted octanol–water partition coefficient (Wildman–Crippen LogP) is 1.36. The van der Waals surface area contributed by atoms with Gasteiger partial charge >= 0.3 is 5.97 Å². The molecule has 0 aliphatic heterocycles. The summed E-state index contributed by atoms with van der Waals surface area (Å²) in [5.41, 5.74) is 0.652. The highest BCUT2D eigenvalue weighted by Crippen LogP contribution is 2.04. The number of terminal acetylenes is 1. The van der Waals surface area contributed by atoms with Gasteiger partial charge in [-0.05, 0) is 12.1 Å². The third kappa shape index (κ3) is 5.19. The van der Waals surface area contributed by atoms with Crippen LogP contribution in [0.4, 0.5) is 5.69 Å². The molecule has 0 saturated heterocycles. The molecule has 4 nitrogen and oxygen atoms in total. The molecule has 0 fully saturated rings. The van der Waals surface area contributed by atoms with Crippen LogP contribution in [-0.4, -0.2) is 18.5 Å². The molecule has 1 aromatic carbocycles. The van der Waals surface area contributed by atoms with Crippen molar-refractivity contribution in [2.45, 2.75) is 0 Å². The van der Waals surface area contributed by atoms with E-state index in [9.17, 15) is 9.59 Å². The molecule has 17 heavy (non-hydrogen) atoms.